The van der Waals surface area contributed by atoms with Crippen molar-refractivity contribution in [3.63, 3.8) is 0 Å². The van der Waals surface area contributed by atoms with E-state index in [9.17, 15) is 0 Å². The Morgan fingerprint density at radius 3 is 2.50 bits per heavy atom. The highest BCUT2D eigenvalue weighted by Crippen LogP contribution is 2.12. The Hall–Kier alpha value is -1.53. The van der Waals surface area contributed by atoms with Gasteiger partial charge < -0.3 is 0 Å². The SMILES string of the molecule is Clc1cccc(CC=Cc2ccccc2)c1. The van der Waals surface area contributed by atoms with E-state index in [1.165, 1.54) is 11.1 Å². The molecular weight excluding hydrogens is 216 g/mol. The molecule has 0 aromatic heterocycles. The standard InChI is InChI=1S/C15H13Cl/c16-15-11-5-10-14(12-15)9-4-8-13-6-2-1-3-7-13/h1-8,10-12H,9H2. The summed E-state index contributed by atoms with van der Waals surface area (Å²) < 4.78 is 0. The maximum Gasteiger partial charge on any atom is 0.0408 e. The second-order valence-corrected chi connectivity index (χ2v) is 4.08. The molecule has 2 aromatic carbocycles. The summed E-state index contributed by atoms with van der Waals surface area (Å²) in [5.74, 6) is 0. The van der Waals surface area contributed by atoms with Crippen molar-refractivity contribution in [3.05, 3.63) is 76.8 Å². The highest BCUT2D eigenvalue weighted by Gasteiger charge is 1.90. The first-order valence-corrected chi connectivity index (χ1v) is 5.68. The normalized spacial score (nSPS) is 10.8. The summed E-state index contributed by atoms with van der Waals surface area (Å²) in [6.45, 7) is 0. The van der Waals surface area contributed by atoms with E-state index in [1.54, 1.807) is 0 Å². The van der Waals surface area contributed by atoms with Crippen molar-refractivity contribution in [2.75, 3.05) is 0 Å². The molecule has 0 aliphatic carbocycles. The van der Waals surface area contributed by atoms with Crippen molar-refractivity contribution >= 4 is 17.7 Å². The second-order valence-electron chi connectivity index (χ2n) is 3.65. The lowest BCUT2D eigenvalue weighted by molar-refractivity contribution is 1.28. The number of halogens is 1. The molecule has 2 aromatic rings. The van der Waals surface area contributed by atoms with E-state index >= 15 is 0 Å². The van der Waals surface area contributed by atoms with Gasteiger partial charge in [0.15, 0.2) is 0 Å². The van der Waals surface area contributed by atoms with Crippen LogP contribution in [0.3, 0.4) is 0 Å². The zero-order chi connectivity index (χ0) is 11.2. The zero-order valence-corrected chi connectivity index (χ0v) is 9.69. The van der Waals surface area contributed by atoms with Crippen LogP contribution in [0, 0.1) is 0 Å². The fourth-order valence-electron chi connectivity index (χ4n) is 1.56. The molecule has 0 unspecified atom stereocenters. The summed E-state index contributed by atoms with van der Waals surface area (Å²) in [6.07, 6.45) is 5.19. The van der Waals surface area contributed by atoms with Gasteiger partial charge in [-0.25, -0.2) is 0 Å². The van der Waals surface area contributed by atoms with Gasteiger partial charge in [0.2, 0.25) is 0 Å². The molecule has 16 heavy (non-hydrogen) atoms. The summed E-state index contributed by atoms with van der Waals surface area (Å²) in [6, 6.07) is 18.2. The Morgan fingerprint density at radius 2 is 1.75 bits per heavy atom. The zero-order valence-electron chi connectivity index (χ0n) is 8.94. The van der Waals surface area contributed by atoms with Crippen LogP contribution in [0.2, 0.25) is 5.02 Å². The Morgan fingerprint density at radius 1 is 0.938 bits per heavy atom. The van der Waals surface area contributed by atoms with Gasteiger partial charge in [-0.2, -0.15) is 0 Å². The van der Waals surface area contributed by atoms with Crippen molar-refractivity contribution in [3.8, 4) is 0 Å². The average Bonchev–Trinajstić information content (AvgIpc) is 2.30. The quantitative estimate of drug-likeness (QED) is 0.721. The minimum atomic E-state index is 0.797. The van der Waals surface area contributed by atoms with E-state index in [-0.39, 0.29) is 0 Å². The van der Waals surface area contributed by atoms with Gasteiger partial charge >= 0.3 is 0 Å². The second kappa shape index (κ2) is 5.53. The maximum atomic E-state index is 5.92. The van der Waals surface area contributed by atoms with Gasteiger partial charge in [0.05, 0.1) is 0 Å². The first kappa shape index (κ1) is 11.0. The van der Waals surface area contributed by atoms with Crippen molar-refractivity contribution in [1.29, 1.82) is 0 Å². The number of hydrogen-bond donors (Lipinski definition) is 0. The molecular formula is C15H13Cl. The molecule has 0 aliphatic rings. The van der Waals surface area contributed by atoms with Gasteiger partial charge in [0.25, 0.3) is 0 Å². The van der Waals surface area contributed by atoms with E-state index in [0.29, 0.717) is 0 Å². The number of benzene rings is 2. The Kier molecular flexibility index (Phi) is 3.79. The van der Waals surface area contributed by atoms with E-state index in [1.807, 2.05) is 36.4 Å². The van der Waals surface area contributed by atoms with Crippen LogP contribution in [0.25, 0.3) is 6.08 Å². The van der Waals surface area contributed by atoms with Crippen molar-refractivity contribution in [2.45, 2.75) is 6.42 Å². The van der Waals surface area contributed by atoms with E-state index in [4.69, 9.17) is 11.6 Å². The van der Waals surface area contributed by atoms with Gasteiger partial charge in [-0.1, -0.05) is 66.2 Å². The van der Waals surface area contributed by atoms with Crippen LogP contribution < -0.4 is 0 Å². The summed E-state index contributed by atoms with van der Waals surface area (Å²) in [5.41, 5.74) is 2.46. The topological polar surface area (TPSA) is 0 Å². The molecule has 0 N–H and O–H groups in total. The van der Waals surface area contributed by atoms with Gasteiger partial charge in [-0.3, -0.25) is 0 Å². The lowest BCUT2D eigenvalue weighted by Crippen LogP contribution is -1.79. The molecule has 1 heteroatoms. The maximum absolute atomic E-state index is 5.92. The molecule has 0 saturated carbocycles. The highest BCUT2D eigenvalue weighted by atomic mass is 35.5. The van der Waals surface area contributed by atoms with Gasteiger partial charge in [0.1, 0.15) is 0 Å². The fourth-order valence-corrected chi connectivity index (χ4v) is 1.77. The van der Waals surface area contributed by atoms with E-state index in [0.717, 1.165) is 11.4 Å². The monoisotopic (exact) mass is 228 g/mol. The lowest BCUT2D eigenvalue weighted by atomic mass is 10.1. The summed E-state index contributed by atoms with van der Waals surface area (Å²) in [5, 5.41) is 0.797. The molecule has 0 fully saturated rings. The molecule has 0 aliphatic heterocycles. The third kappa shape index (κ3) is 3.25. The van der Waals surface area contributed by atoms with Crippen LogP contribution >= 0.6 is 11.6 Å². The molecule has 0 saturated heterocycles. The van der Waals surface area contributed by atoms with Crippen LogP contribution in [0.15, 0.2) is 60.7 Å². The number of hydrogen-bond acceptors (Lipinski definition) is 0. The van der Waals surface area contributed by atoms with Crippen LogP contribution in [-0.2, 0) is 6.42 Å². The third-order valence-corrected chi connectivity index (χ3v) is 2.59. The fraction of sp³-hybridized carbons (Fsp3) is 0.0667. The number of allylic oxidation sites excluding steroid dienone is 1. The van der Waals surface area contributed by atoms with E-state index < -0.39 is 0 Å². The Balaban J connectivity index is 2.00. The number of rotatable bonds is 3. The molecule has 0 nitrogen and oxygen atoms in total. The van der Waals surface area contributed by atoms with E-state index in [2.05, 4.69) is 30.4 Å². The lowest BCUT2D eigenvalue weighted by Gasteiger charge is -1.97. The summed E-state index contributed by atoms with van der Waals surface area (Å²) in [7, 11) is 0. The first-order valence-electron chi connectivity index (χ1n) is 5.30. The van der Waals surface area contributed by atoms with Crippen LogP contribution in [0.5, 0.6) is 0 Å². The predicted molar refractivity (Wildman–Crippen MR) is 70.6 cm³/mol. The van der Waals surface area contributed by atoms with Crippen LogP contribution in [-0.4, -0.2) is 0 Å². The molecule has 0 spiro atoms. The van der Waals surface area contributed by atoms with Gasteiger partial charge in [-0.05, 0) is 29.7 Å². The largest absolute Gasteiger partial charge is 0.0843 e. The Labute approximate surface area is 101 Å². The molecule has 0 bridgehead atoms. The summed E-state index contributed by atoms with van der Waals surface area (Å²) >= 11 is 5.92. The molecule has 80 valence electrons. The summed E-state index contributed by atoms with van der Waals surface area (Å²) in [4.78, 5) is 0. The van der Waals surface area contributed by atoms with Crippen molar-refractivity contribution in [1.82, 2.24) is 0 Å². The van der Waals surface area contributed by atoms with Crippen LogP contribution in [0.4, 0.5) is 0 Å². The predicted octanol–water partition coefficient (Wildman–Crippen LogP) is 4.60. The van der Waals surface area contributed by atoms with Crippen molar-refractivity contribution in [2.24, 2.45) is 0 Å². The third-order valence-electron chi connectivity index (χ3n) is 2.35. The van der Waals surface area contributed by atoms with Crippen LogP contribution in [0.1, 0.15) is 11.1 Å². The minimum Gasteiger partial charge on any atom is -0.0843 e. The Bertz CT molecular complexity index is 472. The van der Waals surface area contributed by atoms with Gasteiger partial charge in [-0.15, -0.1) is 0 Å². The molecule has 0 heterocycles. The highest BCUT2D eigenvalue weighted by molar-refractivity contribution is 6.30. The molecule has 0 atom stereocenters. The van der Waals surface area contributed by atoms with Crippen molar-refractivity contribution < 1.29 is 0 Å². The first-order chi connectivity index (χ1) is 7.84. The minimum absolute atomic E-state index is 0.797. The molecule has 0 radical (unpaired) electrons. The molecule has 2 rings (SSSR count). The smallest absolute Gasteiger partial charge is 0.0408 e. The van der Waals surface area contributed by atoms with Gasteiger partial charge in [0, 0.05) is 5.02 Å². The molecule has 0 amide bonds. The average molecular weight is 229 g/mol.